The summed E-state index contributed by atoms with van der Waals surface area (Å²) in [6.07, 6.45) is 7.57. The topological polar surface area (TPSA) is 69.6 Å². The molecule has 1 unspecified atom stereocenters. The van der Waals surface area contributed by atoms with Gasteiger partial charge in [-0.1, -0.05) is 12.8 Å². The van der Waals surface area contributed by atoms with Crippen molar-refractivity contribution in [1.29, 1.82) is 0 Å². The Labute approximate surface area is 120 Å². The molecule has 0 aromatic carbocycles. The van der Waals surface area contributed by atoms with Crippen LogP contribution in [-0.4, -0.2) is 47.6 Å². The Kier molecular flexibility index (Phi) is 6.58. The number of aliphatic carboxylic acids is 1. The van der Waals surface area contributed by atoms with Gasteiger partial charge in [-0.3, -0.25) is 14.5 Å². The van der Waals surface area contributed by atoms with E-state index in [1.807, 2.05) is 0 Å². The molecule has 1 saturated carbocycles. The van der Waals surface area contributed by atoms with E-state index in [-0.39, 0.29) is 24.9 Å². The van der Waals surface area contributed by atoms with Crippen LogP contribution in [0.15, 0.2) is 0 Å². The lowest BCUT2D eigenvalue weighted by Gasteiger charge is -2.28. The number of nitrogens with one attached hydrogen (secondary N) is 1. The standard InChI is InChI=1S/C13H22N2O3.ClH/c16-12(14-8-13(17)18)9-15-7-3-6-11(15)10-4-1-2-5-10;/h10-11H,1-9H2,(H,14,16)(H,17,18);1H. The van der Waals surface area contributed by atoms with Gasteiger partial charge in [0.15, 0.2) is 0 Å². The van der Waals surface area contributed by atoms with Crippen molar-refractivity contribution in [3.63, 3.8) is 0 Å². The molecular formula is C13H23ClN2O3. The smallest absolute Gasteiger partial charge is 0.322 e. The maximum absolute atomic E-state index is 11.6. The van der Waals surface area contributed by atoms with Gasteiger partial charge in [0.25, 0.3) is 0 Å². The minimum atomic E-state index is -0.989. The minimum Gasteiger partial charge on any atom is -0.480 e. The van der Waals surface area contributed by atoms with Crippen LogP contribution in [0.4, 0.5) is 0 Å². The Hall–Kier alpha value is -0.810. The average Bonchev–Trinajstić information content (AvgIpc) is 2.95. The number of carbonyl (C=O) groups is 2. The monoisotopic (exact) mass is 290 g/mol. The summed E-state index contributed by atoms with van der Waals surface area (Å²) in [5.41, 5.74) is 0. The fourth-order valence-corrected chi connectivity index (χ4v) is 3.34. The van der Waals surface area contributed by atoms with Crippen molar-refractivity contribution in [2.24, 2.45) is 5.92 Å². The normalized spacial score (nSPS) is 24.1. The summed E-state index contributed by atoms with van der Waals surface area (Å²) >= 11 is 0. The average molecular weight is 291 g/mol. The third kappa shape index (κ3) is 4.66. The zero-order valence-corrected chi connectivity index (χ0v) is 12.0. The first kappa shape index (κ1) is 16.2. The van der Waals surface area contributed by atoms with E-state index in [1.54, 1.807) is 0 Å². The first-order valence-electron chi connectivity index (χ1n) is 6.89. The van der Waals surface area contributed by atoms with Crippen molar-refractivity contribution in [2.45, 2.75) is 44.6 Å². The van der Waals surface area contributed by atoms with E-state index in [4.69, 9.17) is 5.11 Å². The van der Waals surface area contributed by atoms with Crippen LogP contribution in [0.25, 0.3) is 0 Å². The number of rotatable bonds is 5. The van der Waals surface area contributed by atoms with Gasteiger partial charge in [0.05, 0.1) is 6.54 Å². The Morgan fingerprint density at radius 2 is 1.84 bits per heavy atom. The molecule has 0 bridgehead atoms. The summed E-state index contributed by atoms with van der Waals surface area (Å²) < 4.78 is 0. The molecule has 0 aromatic rings. The number of carboxylic acid groups (broad SMARTS) is 1. The maximum Gasteiger partial charge on any atom is 0.322 e. The molecule has 2 aliphatic rings. The zero-order chi connectivity index (χ0) is 13.0. The van der Waals surface area contributed by atoms with Crippen molar-refractivity contribution < 1.29 is 14.7 Å². The van der Waals surface area contributed by atoms with Crippen LogP contribution >= 0.6 is 12.4 Å². The number of carbonyl (C=O) groups excluding carboxylic acids is 1. The second-order valence-corrected chi connectivity index (χ2v) is 5.40. The molecule has 2 fully saturated rings. The number of likely N-dealkylation sites (tertiary alicyclic amines) is 1. The lowest BCUT2D eigenvalue weighted by atomic mass is 9.96. The predicted octanol–water partition coefficient (Wildman–Crippen LogP) is 1.26. The van der Waals surface area contributed by atoms with Crippen LogP contribution in [0.1, 0.15) is 38.5 Å². The third-order valence-electron chi connectivity index (χ3n) is 4.14. The van der Waals surface area contributed by atoms with Crippen LogP contribution in [0.2, 0.25) is 0 Å². The number of carboxylic acids is 1. The van der Waals surface area contributed by atoms with Crippen molar-refractivity contribution in [3.8, 4) is 0 Å². The quantitative estimate of drug-likeness (QED) is 0.800. The minimum absolute atomic E-state index is 0. The summed E-state index contributed by atoms with van der Waals surface area (Å²) in [6.45, 7) is 1.05. The summed E-state index contributed by atoms with van der Waals surface area (Å²) in [5.74, 6) is -0.404. The van der Waals surface area contributed by atoms with E-state index >= 15 is 0 Å². The van der Waals surface area contributed by atoms with Crippen LogP contribution in [0.3, 0.4) is 0 Å². The highest BCUT2D eigenvalue weighted by atomic mass is 35.5. The fraction of sp³-hybridized carbons (Fsp3) is 0.846. The van der Waals surface area contributed by atoms with E-state index in [0.717, 1.165) is 18.9 Å². The van der Waals surface area contributed by atoms with Gasteiger partial charge < -0.3 is 10.4 Å². The molecule has 0 radical (unpaired) electrons. The number of nitrogens with zero attached hydrogens (tertiary/aromatic N) is 1. The molecule has 5 nitrogen and oxygen atoms in total. The Balaban J connectivity index is 0.00000180. The SMILES string of the molecule is Cl.O=C(O)CNC(=O)CN1CCCC1C1CCCC1. The summed E-state index contributed by atoms with van der Waals surface area (Å²) in [6, 6.07) is 0.545. The molecule has 110 valence electrons. The molecule has 1 amide bonds. The molecule has 1 atom stereocenters. The van der Waals surface area contributed by atoms with Gasteiger partial charge >= 0.3 is 5.97 Å². The molecule has 1 heterocycles. The zero-order valence-electron chi connectivity index (χ0n) is 11.1. The highest BCUT2D eigenvalue weighted by Crippen LogP contribution is 2.35. The maximum atomic E-state index is 11.6. The van der Waals surface area contributed by atoms with E-state index in [2.05, 4.69) is 10.2 Å². The Morgan fingerprint density at radius 3 is 2.47 bits per heavy atom. The van der Waals surface area contributed by atoms with Crippen molar-refractivity contribution in [3.05, 3.63) is 0 Å². The van der Waals surface area contributed by atoms with Gasteiger partial charge in [0.2, 0.25) is 5.91 Å². The second kappa shape index (κ2) is 7.70. The van der Waals surface area contributed by atoms with Gasteiger partial charge in [0.1, 0.15) is 6.54 Å². The molecule has 6 heteroatoms. The molecule has 1 aliphatic heterocycles. The van der Waals surface area contributed by atoms with Crippen molar-refractivity contribution in [2.75, 3.05) is 19.6 Å². The number of amides is 1. The number of hydrogen-bond donors (Lipinski definition) is 2. The van der Waals surface area contributed by atoms with Crippen molar-refractivity contribution >= 4 is 24.3 Å². The van der Waals surface area contributed by atoms with Gasteiger partial charge in [-0.15, -0.1) is 12.4 Å². The lowest BCUT2D eigenvalue weighted by Crippen LogP contribution is -2.43. The summed E-state index contributed by atoms with van der Waals surface area (Å²) in [7, 11) is 0. The van der Waals surface area contributed by atoms with Crippen LogP contribution in [0, 0.1) is 5.92 Å². The highest BCUT2D eigenvalue weighted by Gasteiger charge is 2.33. The molecule has 2 rings (SSSR count). The number of hydrogen-bond acceptors (Lipinski definition) is 3. The van der Waals surface area contributed by atoms with E-state index in [9.17, 15) is 9.59 Å². The van der Waals surface area contributed by atoms with Crippen molar-refractivity contribution in [1.82, 2.24) is 10.2 Å². The molecule has 2 N–H and O–H groups in total. The van der Waals surface area contributed by atoms with Gasteiger partial charge in [-0.05, 0) is 38.1 Å². The van der Waals surface area contributed by atoms with Gasteiger partial charge in [-0.25, -0.2) is 0 Å². The molecule has 0 aromatic heterocycles. The third-order valence-corrected chi connectivity index (χ3v) is 4.14. The molecular weight excluding hydrogens is 268 g/mol. The van der Waals surface area contributed by atoms with E-state index < -0.39 is 5.97 Å². The molecule has 0 spiro atoms. The first-order chi connectivity index (χ1) is 8.66. The van der Waals surface area contributed by atoms with Crippen LogP contribution in [0.5, 0.6) is 0 Å². The van der Waals surface area contributed by atoms with Crippen LogP contribution < -0.4 is 5.32 Å². The number of halogens is 1. The van der Waals surface area contributed by atoms with E-state index in [1.165, 1.54) is 32.1 Å². The molecule has 19 heavy (non-hydrogen) atoms. The van der Waals surface area contributed by atoms with Gasteiger partial charge in [-0.2, -0.15) is 0 Å². The molecule has 1 aliphatic carbocycles. The Morgan fingerprint density at radius 1 is 1.16 bits per heavy atom. The van der Waals surface area contributed by atoms with Crippen LogP contribution in [-0.2, 0) is 9.59 Å². The summed E-state index contributed by atoms with van der Waals surface area (Å²) in [4.78, 5) is 24.3. The largest absolute Gasteiger partial charge is 0.480 e. The first-order valence-corrected chi connectivity index (χ1v) is 6.89. The highest BCUT2D eigenvalue weighted by molar-refractivity contribution is 5.85. The predicted molar refractivity (Wildman–Crippen MR) is 74.4 cm³/mol. The van der Waals surface area contributed by atoms with E-state index in [0.29, 0.717) is 12.6 Å². The lowest BCUT2D eigenvalue weighted by molar-refractivity contribution is -0.138. The second-order valence-electron chi connectivity index (χ2n) is 5.40. The Bertz CT molecular complexity index is 319. The summed E-state index contributed by atoms with van der Waals surface area (Å²) in [5, 5.41) is 11.0. The van der Waals surface area contributed by atoms with Gasteiger partial charge in [0, 0.05) is 6.04 Å². The fourth-order valence-electron chi connectivity index (χ4n) is 3.34. The molecule has 1 saturated heterocycles.